The van der Waals surface area contributed by atoms with E-state index in [2.05, 4.69) is 12.2 Å². The fraction of sp³-hybridized carbons (Fsp3) is 0.500. The minimum absolute atomic E-state index is 1.15. The van der Waals surface area contributed by atoms with Crippen LogP contribution in [0.2, 0.25) is 0 Å². The summed E-state index contributed by atoms with van der Waals surface area (Å²) in [6.07, 6.45) is 12.5. The van der Waals surface area contributed by atoms with Crippen LogP contribution in [-0.4, -0.2) is 0 Å². The third kappa shape index (κ3) is 2.96. The second-order valence-corrected chi connectivity index (χ2v) is 2.16. The molecule has 9 heavy (non-hydrogen) atoms. The summed E-state index contributed by atoms with van der Waals surface area (Å²) >= 11 is 0. The first-order chi connectivity index (χ1) is 4.50. The maximum atomic E-state index is 4.99. The minimum Gasteiger partial charge on any atom is -0.473 e. The van der Waals surface area contributed by atoms with Gasteiger partial charge in [0, 0.05) is 0 Å². The first-order valence-electron chi connectivity index (χ1n) is 3.45. The molecule has 1 heteroatoms. The average Bonchev–Trinajstić information content (AvgIpc) is 2.00. The van der Waals surface area contributed by atoms with E-state index >= 15 is 0 Å². The van der Waals surface area contributed by atoms with Gasteiger partial charge in [-0.05, 0) is 37.8 Å². The molecule has 0 radical (unpaired) electrons. The molecule has 0 aliphatic carbocycles. The molecule has 1 nitrogen and oxygen atoms in total. The van der Waals surface area contributed by atoms with E-state index in [1.54, 1.807) is 12.5 Å². The largest absolute Gasteiger partial charge is 0.473 e. The normalized spacial score (nSPS) is 19.6. The molecule has 1 heterocycles. The van der Waals surface area contributed by atoms with Crippen molar-refractivity contribution in [2.45, 2.75) is 25.7 Å². The Hall–Kier alpha value is -0.720. The van der Waals surface area contributed by atoms with E-state index in [-0.39, 0.29) is 0 Å². The number of ether oxygens (including phenoxy) is 1. The molecule has 0 saturated heterocycles. The minimum atomic E-state index is 1.15. The van der Waals surface area contributed by atoms with Crippen molar-refractivity contribution in [1.82, 2.24) is 0 Å². The summed E-state index contributed by atoms with van der Waals surface area (Å²) in [5, 5.41) is 0. The van der Waals surface area contributed by atoms with E-state index in [1.807, 2.05) is 0 Å². The quantitative estimate of drug-likeness (QED) is 0.482. The summed E-state index contributed by atoms with van der Waals surface area (Å²) in [5.74, 6) is 0. The van der Waals surface area contributed by atoms with Crippen LogP contribution in [0.15, 0.2) is 24.7 Å². The maximum Gasteiger partial charge on any atom is 0.0861 e. The van der Waals surface area contributed by atoms with E-state index in [9.17, 15) is 0 Å². The predicted molar refractivity (Wildman–Crippen MR) is 37.8 cm³/mol. The van der Waals surface area contributed by atoms with Crippen molar-refractivity contribution in [1.29, 1.82) is 0 Å². The lowest BCUT2D eigenvalue weighted by Gasteiger charge is -1.88. The monoisotopic (exact) mass is 124 g/mol. The highest BCUT2D eigenvalue weighted by atomic mass is 16.5. The van der Waals surface area contributed by atoms with Gasteiger partial charge in [-0.25, -0.2) is 0 Å². The van der Waals surface area contributed by atoms with Gasteiger partial charge in [0.05, 0.1) is 12.5 Å². The van der Waals surface area contributed by atoms with Gasteiger partial charge < -0.3 is 4.74 Å². The number of hydrogen-bond acceptors (Lipinski definition) is 1. The van der Waals surface area contributed by atoms with Gasteiger partial charge in [-0.1, -0.05) is 0 Å². The summed E-state index contributed by atoms with van der Waals surface area (Å²) in [7, 11) is 0. The molecule has 0 unspecified atom stereocenters. The van der Waals surface area contributed by atoms with Gasteiger partial charge >= 0.3 is 0 Å². The van der Waals surface area contributed by atoms with E-state index in [4.69, 9.17) is 4.74 Å². The molecule has 1 aliphatic heterocycles. The van der Waals surface area contributed by atoms with Crippen LogP contribution in [0.3, 0.4) is 0 Å². The van der Waals surface area contributed by atoms with Crippen molar-refractivity contribution in [3.63, 3.8) is 0 Å². The van der Waals surface area contributed by atoms with Crippen LogP contribution >= 0.6 is 0 Å². The van der Waals surface area contributed by atoms with Gasteiger partial charge in [-0.3, -0.25) is 0 Å². The Bertz CT molecular complexity index is 99.7. The molecule has 0 fully saturated rings. The highest BCUT2D eigenvalue weighted by Gasteiger charge is 1.85. The molecule has 0 saturated carbocycles. The van der Waals surface area contributed by atoms with E-state index in [0.717, 1.165) is 12.8 Å². The third-order valence-electron chi connectivity index (χ3n) is 1.34. The first-order valence-corrected chi connectivity index (χ1v) is 3.45. The zero-order valence-electron chi connectivity index (χ0n) is 5.55. The van der Waals surface area contributed by atoms with Crippen molar-refractivity contribution < 1.29 is 4.74 Å². The topological polar surface area (TPSA) is 9.23 Å². The fourth-order valence-electron chi connectivity index (χ4n) is 0.817. The smallest absolute Gasteiger partial charge is 0.0861 e. The molecule has 0 spiro atoms. The van der Waals surface area contributed by atoms with E-state index < -0.39 is 0 Å². The summed E-state index contributed by atoms with van der Waals surface area (Å²) in [5.41, 5.74) is 0. The second kappa shape index (κ2) is 4.19. The van der Waals surface area contributed by atoms with Gasteiger partial charge in [0.25, 0.3) is 0 Å². The second-order valence-electron chi connectivity index (χ2n) is 2.16. The lowest BCUT2D eigenvalue weighted by molar-refractivity contribution is 0.400. The Morgan fingerprint density at radius 1 is 0.889 bits per heavy atom. The molecule has 0 bridgehead atoms. The van der Waals surface area contributed by atoms with Crippen molar-refractivity contribution in [3.05, 3.63) is 24.7 Å². The zero-order chi connectivity index (χ0) is 6.36. The average molecular weight is 124 g/mol. The molecule has 0 aromatic rings. The van der Waals surface area contributed by atoms with Crippen molar-refractivity contribution in [3.8, 4) is 0 Å². The van der Waals surface area contributed by atoms with Crippen molar-refractivity contribution in [2.75, 3.05) is 0 Å². The van der Waals surface area contributed by atoms with E-state index in [1.165, 1.54) is 12.8 Å². The van der Waals surface area contributed by atoms with Gasteiger partial charge in [-0.15, -0.1) is 0 Å². The molecule has 0 aromatic heterocycles. The lowest BCUT2D eigenvalue weighted by Crippen LogP contribution is -1.69. The Morgan fingerprint density at radius 3 is 2.00 bits per heavy atom. The lowest BCUT2D eigenvalue weighted by atomic mass is 10.2. The third-order valence-corrected chi connectivity index (χ3v) is 1.34. The molecular formula is C8H12O. The molecule has 0 N–H and O–H groups in total. The molecule has 1 aliphatic rings. The van der Waals surface area contributed by atoms with Crippen LogP contribution in [0.25, 0.3) is 0 Å². The summed E-state index contributed by atoms with van der Waals surface area (Å²) in [6, 6.07) is 0. The van der Waals surface area contributed by atoms with Crippen LogP contribution in [-0.2, 0) is 4.74 Å². The SMILES string of the molecule is C1=COC=CCCCC1. The molecule has 50 valence electrons. The standard InChI is InChI=1S/C8H12O/c1-2-4-6-8-9-7-5-3-1/h5-8H,1-4H2. The van der Waals surface area contributed by atoms with Gasteiger partial charge in [0.2, 0.25) is 0 Å². The predicted octanol–water partition coefficient (Wildman–Crippen LogP) is 2.60. The number of rotatable bonds is 0. The Labute approximate surface area is 56.0 Å². The highest BCUT2D eigenvalue weighted by Crippen LogP contribution is 2.03. The number of hydrogen-bond donors (Lipinski definition) is 0. The van der Waals surface area contributed by atoms with Crippen molar-refractivity contribution >= 4 is 0 Å². The van der Waals surface area contributed by atoms with Crippen LogP contribution in [0.5, 0.6) is 0 Å². The molecule has 0 atom stereocenters. The Morgan fingerprint density at radius 2 is 1.44 bits per heavy atom. The highest BCUT2D eigenvalue weighted by molar-refractivity contribution is 4.82. The number of allylic oxidation sites excluding steroid dienone is 2. The Balaban J connectivity index is 2.28. The van der Waals surface area contributed by atoms with Crippen molar-refractivity contribution in [2.24, 2.45) is 0 Å². The van der Waals surface area contributed by atoms with E-state index in [0.29, 0.717) is 0 Å². The van der Waals surface area contributed by atoms with Gasteiger partial charge in [0.1, 0.15) is 0 Å². The molecule has 0 amide bonds. The fourth-order valence-corrected chi connectivity index (χ4v) is 0.817. The molecular weight excluding hydrogens is 112 g/mol. The van der Waals surface area contributed by atoms with Crippen LogP contribution < -0.4 is 0 Å². The van der Waals surface area contributed by atoms with Gasteiger partial charge in [0.15, 0.2) is 0 Å². The molecule has 1 rings (SSSR count). The summed E-state index contributed by atoms with van der Waals surface area (Å²) < 4.78 is 4.99. The summed E-state index contributed by atoms with van der Waals surface area (Å²) in [6.45, 7) is 0. The van der Waals surface area contributed by atoms with Gasteiger partial charge in [-0.2, -0.15) is 0 Å². The molecule has 0 aromatic carbocycles. The Kier molecular flexibility index (Phi) is 2.98. The van der Waals surface area contributed by atoms with Crippen LogP contribution in [0.1, 0.15) is 25.7 Å². The zero-order valence-corrected chi connectivity index (χ0v) is 5.55. The van der Waals surface area contributed by atoms with Crippen LogP contribution in [0, 0.1) is 0 Å². The first kappa shape index (κ1) is 6.40. The summed E-state index contributed by atoms with van der Waals surface area (Å²) in [4.78, 5) is 0. The van der Waals surface area contributed by atoms with Crippen LogP contribution in [0.4, 0.5) is 0 Å². The maximum absolute atomic E-state index is 4.99.